The Bertz CT molecular complexity index is 445. The van der Waals surface area contributed by atoms with Crippen molar-refractivity contribution < 1.29 is 4.74 Å². The lowest BCUT2D eigenvalue weighted by Gasteiger charge is -2.36. The van der Waals surface area contributed by atoms with Crippen molar-refractivity contribution in [2.75, 3.05) is 50.8 Å². The first-order valence-corrected chi connectivity index (χ1v) is 8.08. The van der Waals surface area contributed by atoms with Gasteiger partial charge in [0.2, 0.25) is 5.95 Å². The van der Waals surface area contributed by atoms with E-state index in [1.807, 2.05) is 19.9 Å². The topological polar surface area (TPSA) is 41.5 Å². The van der Waals surface area contributed by atoms with Crippen LogP contribution in [-0.4, -0.2) is 60.8 Å². The molecule has 0 atom stereocenters. The molecule has 3 heterocycles. The van der Waals surface area contributed by atoms with Crippen molar-refractivity contribution >= 4 is 5.95 Å². The SMILES string of the molecule is Cc1cc(C)nc(N2CCC(CN3CCOCC3)CC2)n1. The molecular weight excluding hydrogens is 264 g/mol. The molecule has 2 aliphatic heterocycles. The summed E-state index contributed by atoms with van der Waals surface area (Å²) in [6, 6.07) is 2.04. The summed E-state index contributed by atoms with van der Waals surface area (Å²) in [6.45, 7) is 11.5. The smallest absolute Gasteiger partial charge is 0.225 e. The van der Waals surface area contributed by atoms with Crippen molar-refractivity contribution in [3.8, 4) is 0 Å². The standard InChI is InChI=1S/C16H26N4O/c1-13-11-14(2)18-16(17-13)20-5-3-15(4-6-20)12-19-7-9-21-10-8-19/h11,15H,3-10,12H2,1-2H3. The van der Waals surface area contributed by atoms with Crippen molar-refractivity contribution in [1.82, 2.24) is 14.9 Å². The summed E-state index contributed by atoms with van der Waals surface area (Å²) in [5, 5.41) is 0. The predicted molar refractivity (Wildman–Crippen MR) is 83.7 cm³/mol. The largest absolute Gasteiger partial charge is 0.379 e. The van der Waals surface area contributed by atoms with Crippen LogP contribution in [-0.2, 0) is 4.74 Å². The van der Waals surface area contributed by atoms with E-state index in [1.54, 1.807) is 0 Å². The zero-order valence-electron chi connectivity index (χ0n) is 13.2. The number of hydrogen-bond acceptors (Lipinski definition) is 5. The fourth-order valence-corrected chi connectivity index (χ4v) is 3.31. The molecule has 1 aromatic rings. The lowest BCUT2D eigenvalue weighted by molar-refractivity contribution is 0.0289. The lowest BCUT2D eigenvalue weighted by atomic mass is 9.96. The van der Waals surface area contributed by atoms with Gasteiger partial charge in [-0.3, -0.25) is 4.90 Å². The Labute approximate surface area is 127 Å². The first kappa shape index (κ1) is 14.7. The molecule has 0 aliphatic carbocycles. The van der Waals surface area contributed by atoms with Gasteiger partial charge in [-0.2, -0.15) is 0 Å². The average Bonchev–Trinajstić information content (AvgIpc) is 2.48. The van der Waals surface area contributed by atoms with Crippen LogP contribution >= 0.6 is 0 Å². The molecule has 5 heteroatoms. The Hall–Kier alpha value is -1.20. The van der Waals surface area contributed by atoms with Crippen LogP contribution in [0.25, 0.3) is 0 Å². The zero-order chi connectivity index (χ0) is 14.7. The van der Waals surface area contributed by atoms with Crippen molar-refractivity contribution in [1.29, 1.82) is 0 Å². The van der Waals surface area contributed by atoms with Gasteiger partial charge in [-0.05, 0) is 38.7 Å². The molecule has 0 N–H and O–H groups in total. The van der Waals surface area contributed by atoms with Crippen LogP contribution in [0.3, 0.4) is 0 Å². The molecule has 116 valence electrons. The van der Waals surface area contributed by atoms with E-state index < -0.39 is 0 Å². The minimum Gasteiger partial charge on any atom is -0.379 e. The van der Waals surface area contributed by atoms with E-state index in [-0.39, 0.29) is 0 Å². The Morgan fingerprint density at radius 3 is 2.29 bits per heavy atom. The van der Waals surface area contributed by atoms with Gasteiger partial charge in [0.15, 0.2) is 0 Å². The molecule has 0 amide bonds. The molecule has 0 spiro atoms. The van der Waals surface area contributed by atoms with Gasteiger partial charge in [-0.25, -0.2) is 9.97 Å². The molecule has 0 saturated carbocycles. The quantitative estimate of drug-likeness (QED) is 0.846. The van der Waals surface area contributed by atoms with Gasteiger partial charge in [0.25, 0.3) is 0 Å². The third-order valence-electron chi connectivity index (χ3n) is 4.49. The molecule has 1 aromatic heterocycles. The average molecular weight is 290 g/mol. The second kappa shape index (κ2) is 6.71. The number of morpholine rings is 1. The molecule has 2 fully saturated rings. The fourth-order valence-electron chi connectivity index (χ4n) is 3.31. The van der Waals surface area contributed by atoms with E-state index in [2.05, 4.69) is 19.8 Å². The van der Waals surface area contributed by atoms with Crippen LogP contribution < -0.4 is 4.90 Å². The molecule has 2 saturated heterocycles. The first-order valence-electron chi connectivity index (χ1n) is 8.08. The number of rotatable bonds is 3. The molecule has 0 aromatic carbocycles. The number of nitrogens with zero attached hydrogens (tertiary/aromatic N) is 4. The van der Waals surface area contributed by atoms with Crippen LogP contribution in [0.4, 0.5) is 5.95 Å². The highest BCUT2D eigenvalue weighted by Gasteiger charge is 2.23. The predicted octanol–water partition coefficient (Wildman–Crippen LogP) is 1.64. The maximum absolute atomic E-state index is 5.42. The third kappa shape index (κ3) is 3.92. The van der Waals surface area contributed by atoms with E-state index in [0.29, 0.717) is 0 Å². The number of ether oxygens (including phenoxy) is 1. The fraction of sp³-hybridized carbons (Fsp3) is 0.750. The summed E-state index contributed by atoms with van der Waals surface area (Å²) < 4.78 is 5.42. The Balaban J connectivity index is 1.52. The normalized spacial score (nSPS) is 21.7. The number of hydrogen-bond donors (Lipinski definition) is 0. The van der Waals surface area contributed by atoms with Crippen molar-refractivity contribution in [3.05, 3.63) is 17.5 Å². The molecule has 3 rings (SSSR count). The molecule has 2 aliphatic rings. The van der Waals surface area contributed by atoms with Crippen molar-refractivity contribution in [2.45, 2.75) is 26.7 Å². The summed E-state index contributed by atoms with van der Waals surface area (Å²) in [6.07, 6.45) is 2.49. The highest BCUT2D eigenvalue weighted by Crippen LogP contribution is 2.22. The summed E-state index contributed by atoms with van der Waals surface area (Å²) in [5.74, 6) is 1.72. The number of aromatic nitrogens is 2. The zero-order valence-corrected chi connectivity index (χ0v) is 13.2. The van der Waals surface area contributed by atoms with Crippen molar-refractivity contribution in [2.24, 2.45) is 5.92 Å². The van der Waals surface area contributed by atoms with E-state index >= 15 is 0 Å². The summed E-state index contributed by atoms with van der Waals surface area (Å²) in [5.41, 5.74) is 2.13. The maximum atomic E-state index is 5.42. The minimum atomic E-state index is 0.810. The van der Waals surface area contributed by atoms with Crippen LogP contribution in [0.5, 0.6) is 0 Å². The Kier molecular flexibility index (Phi) is 4.70. The van der Waals surface area contributed by atoms with E-state index in [1.165, 1.54) is 19.4 Å². The van der Waals surface area contributed by atoms with Gasteiger partial charge < -0.3 is 9.64 Å². The summed E-state index contributed by atoms with van der Waals surface area (Å²) in [4.78, 5) is 14.1. The van der Waals surface area contributed by atoms with Gasteiger partial charge >= 0.3 is 0 Å². The van der Waals surface area contributed by atoms with Gasteiger partial charge in [0.1, 0.15) is 0 Å². The first-order chi connectivity index (χ1) is 10.2. The minimum absolute atomic E-state index is 0.810. The maximum Gasteiger partial charge on any atom is 0.225 e. The van der Waals surface area contributed by atoms with Crippen LogP contribution in [0.1, 0.15) is 24.2 Å². The van der Waals surface area contributed by atoms with Gasteiger partial charge in [-0.15, -0.1) is 0 Å². The third-order valence-corrected chi connectivity index (χ3v) is 4.49. The summed E-state index contributed by atoms with van der Waals surface area (Å²) in [7, 11) is 0. The molecule has 0 bridgehead atoms. The van der Waals surface area contributed by atoms with E-state index in [9.17, 15) is 0 Å². The number of aryl methyl sites for hydroxylation is 2. The highest BCUT2D eigenvalue weighted by atomic mass is 16.5. The van der Waals surface area contributed by atoms with E-state index in [4.69, 9.17) is 4.74 Å². The second-order valence-corrected chi connectivity index (χ2v) is 6.29. The Morgan fingerprint density at radius 1 is 1.05 bits per heavy atom. The lowest BCUT2D eigenvalue weighted by Crippen LogP contribution is -2.43. The van der Waals surface area contributed by atoms with Crippen LogP contribution in [0, 0.1) is 19.8 Å². The number of piperidine rings is 1. The molecule has 0 unspecified atom stereocenters. The summed E-state index contributed by atoms with van der Waals surface area (Å²) >= 11 is 0. The molecule has 21 heavy (non-hydrogen) atoms. The van der Waals surface area contributed by atoms with Gasteiger partial charge in [0.05, 0.1) is 13.2 Å². The molecular formula is C16H26N4O. The molecule has 5 nitrogen and oxygen atoms in total. The van der Waals surface area contributed by atoms with Crippen LogP contribution in [0.2, 0.25) is 0 Å². The van der Waals surface area contributed by atoms with Gasteiger partial charge in [-0.1, -0.05) is 0 Å². The highest BCUT2D eigenvalue weighted by molar-refractivity contribution is 5.32. The molecule has 0 radical (unpaired) electrons. The second-order valence-electron chi connectivity index (χ2n) is 6.29. The number of anilines is 1. The monoisotopic (exact) mass is 290 g/mol. The van der Waals surface area contributed by atoms with E-state index in [0.717, 1.165) is 62.6 Å². The van der Waals surface area contributed by atoms with Crippen LogP contribution in [0.15, 0.2) is 6.07 Å². The Morgan fingerprint density at radius 2 is 1.67 bits per heavy atom. The van der Waals surface area contributed by atoms with Crippen molar-refractivity contribution in [3.63, 3.8) is 0 Å². The van der Waals surface area contributed by atoms with Gasteiger partial charge in [0, 0.05) is 44.1 Å².